The molecule has 2 rings (SSSR count). The van der Waals surface area contributed by atoms with Crippen LogP contribution in [0.25, 0.3) is 5.57 Å². The molecule has 1 aromatic rings. The number of allylic oxidation sites excluding steroid dienone is 1. The Bertz CT molecular complexity index is 456. The van der Waals surface area contributed by atoms with Crippen LogP contribution in [-0.4, -0.2) is 25.0 Å². The second-order valence-electron chi connectivity index (χ2n) is 5.35. The Morgan fingerprint density at radius 2 is 2.22 bits per heavy atom. The normalized spacial score (nSPS) is 24.4. The summed E-state index contributed by atoms with van der Waals surface area (Å²) in [4.78, 5) is 2.37. The molecule has 1 aliphatic rings. The molecule has 0 bridgehead atoms. The molecule has 3 heteroatoms. The Labute approximate surface area is 114 Å². The summed E-state index contributed by atoms with van der Waals surface area (Å²) in [5.41, 5.74) is 9.23. The van der Waals surface area contributed by atoms with Gasteiger partial charge in [0, 0.05) is 17.6 Å². The van der Waals surface area contributed by atoms with Crippen molar-refractivity contribution in [2.45, 2.75) is 19.4 Å². The first-order valence-corrected chi connectivity index (χ1v) is 6.75. The molecule has 1 aliphatic heterocycles. The van der Waals surface area contributed by atoms with Crippen molar-refractivity contribution in [2.24, 2.45) is 11.7 Å². The van der Waals surface area contributed by atoms with Crippen molar-refractivity contribution in [1.82, 2.24) is 4.90 Å². The summed E-state index contributed by atoms with van der Waals surface area (Å²) in [6, 6.07) is 6.67. The van der Waals surface area contributed by atoms with Crippen molar-refractivity contribution in [3.05, 3.63) is 40.9 Å². The maximum atomic E-state index is 6.21. The number of hydrogen-bond donors (Lipinski definition) is 1. The molecule has 1 heterocycles. The van der Waals surface area contributed by atoms with Crippen molar-refractivity contribution in [1.29, 1.82) is 0 Å². The summed E-state index contributed by atoms with van der Waals surface area (Å²) in [6.07, 6.45) is 1.11. The third-order valence-electron chi connectivity index (χ3n) is 3.77. The van der Waals surface area contributed by atoms with Gasteiger partial charge in [-0.2, -0.15) is 0 Å². The zero-order valence-electron chi connectivity index (χ0n) is 11.1. The minimum absolute atomic E-state index is 0.426. The van der Waals surface area contributed by atoms with Gasteiger partial charge in [0.25, 0.3) is 0 Å². The topological polar surface area (TPSA) is 29.3 Å². The van der Waals surface area contributed by atoms with E-state index in [2.05, 4.69) is 30.7 Å². The van der Waals surface area contributed by atoms with Crippen LogP contribution in [0.2, 0.25) is 5.02 Å². The molecular formula is C15H21ClN2. The Kier molecular flexibility index (Phi) is 4.10. The van der Waals surface area contributed by atoms with Crippen LogP contribution in [0.15, 0.2) is 24.8 Å². The molecule has 2 unspecified atom stereocenters. The Hall–Kier alpha value is -0.830. The Balaban J connectivity index is 2.30. The highest BCUT2D eigenvalue weighted by Crippen LogP contribution is 2.35. The lowest BCUT2D eigenvalue weighted by Crippen LogP contribution is -2.20. The van der Waals surface area contributed by atoms with Crippen molar-refractivity contribution in [2.75, 3.05) is 20.1 Å². The molecule has 0 saturated carbocycles. The molecule has 98 valence electrons. The molecule has 1 aromatic carbocycles. The van der Waals surface area contributed by atoms with E-state index >= 15 is 0 Å². The van der Waals surface area contributed by atoms with Crippen LogP contribution in [0.3, 0.4) is 0 Å². The lowest BCUT2D eigenvalue weighted by Gasteiger charge is -2.20. The number of hydrogen-bond acceptors (Lipinski definition) is 2. The van der Waals surface area contributed by atoms with Gasteiger partial charge in [-0.15, -0.1) is 0 Å². The number of nitrogens with two attached hydrogens (primary N) is 1. The van der Waals surface area contributed by atoms with E-state index < -0.39 is 0 Å². The first-order valence-electron chi connectivity index (χ1n) is 6.38. The molecule has 0 amide bonds. The van der Waals surface area contributed by atoms with Gasteiger partial charge < -0.3 is 5.73 Å². The van der Waals surface area contributed by atoms with E-state index in [0.717, 1.165) is 35.7 Å². The summed E-state index contributed by atoms with van der Waals surface area (Å²) in [5.74, 6) is 0.590. The van der Waals surface area contributed by atoms with Crippen LogP contribution < -0.4 is 5.73 Å². The molecule has 2 nitrogen and oxygen atoms in total. The smallest absolute Gasteiger partial charge is 0.0415 e. The molecular weight excluding hydrogens is 244 g/mol. The molecule has 0 spiro atoms. The maximum Gasteiger partial charge on any atom is 0.0415 e. The highest BCUT2D eigenvalue weighted by Gasteiger charge is 2.29. The van der Waals surface area contributed by atoms with E-state index in [1.54, 1.807) is 0 Å². The van der Waals surface area contributed by atoms with Gasteiger partial charge >= 0.3 is 0 Å². The van der Waals surface area contributed by atoms with Crippen LogP contribution in [0.5, 0.6) is 0 Å². The van der Waals surface area contributed by atoms with Gasteiger partial charge in [-0.3, -0.25) is 4.90 Å². The second kappa shape index (κ2) is 5.43. The van der Waals surface area contributed by atoms with Crippen molar-refractivity contribution in [3.63, 3.8) is 0 Å². The van der Waals surface area contributed by atoms with E-state index in [4.69, 9.17) is 17.3 Å². The zero-order chi connectivity index (χ0) is 13.3. The van der Waals surface area contributed by atoms with Gasteiger partial charge in [-0.25, -0.2) is 0 Å². The van der Waals surface area contributed by atoms with Crippen molar-refractivity contribution in [3.8, 4) is 0 Å². The van der Waals surface area contributed by atoms with Gasteiger partial charge in [-0.05, 0) is 62.2 Å². The predicted molar refractivity (Wildman–Crippen MR) is 78.7 cm³/mol. The fourth-order valence-corrected chi connectivity index (χ4v) is 2.96. The van der Waals surface area contributed by atoms with Gasteiger partial charge in [-0.1, -0.05) is 23.8 Å². The van der Waals surface area contributed by atoms with Crippen molar-refractivity contribution < 1.29 is 0 Å². The molecule has 1 saturated heterocycles. The molecule has 2 atom stereocenters. The van der Waals surface area contributed by atoms with Crippen LogP contribution in [-0.2, 0) is 0 Å². The molecule has 0 radical (unpaired) electrons. The quantitative estimate of drug-likeness (QED) is 0.907. The molecule has 18 heavy (non-hydrogen) atoms. The second-order valence-corrected chi connectivity index (χ2v) is 5.78. The van der Waals surface area contributed by atoms with Crippen LogP contribution in [0, 0.1) is 5.92 Å². The van der Waals surface area contributed by atoms with Gasteiger partial charge in [0.15, 0.2) is 0 Å². The lowest BCUT2D eigenvalue weighted by atomic mass is 9.97. The maximum absolute atomic E-state index is 6.21. The largest absolute Gasteiger partial charge is 0.330 e. The van der Waals surface area contributed by atoms with E-state index in [9.17, 15) is 0 Å². The molecule has 0 aliphatic carbocycles. The molecule has 2 N–H and O–H groups in total. The average molecular weight is 265 g/mol. The Morgan fingerprint density at radius 1 is 1.50 bits per heavy atom. The predicted octanol–water partition coefficient (Wildman–Crippen LogP) is 3.32. The number of rotatable bonds is 3. The summed E-state index contributed by atoms with van der Waals surface area (Å²) < 4.78 is 0. The highest BCUT2D eigenvalue weighted by atomic mass is 35.5. The SMILES string of the molecule is C=C(C)c1cc(Cl)cc(C2CC(CN)CN2C)c1. The number of halogens is 1. The highest BCUT2D eigenvalue weighted by molar-refractivity contribution is 6.30. The van der Waals surface area contributed by atoms with Gasteiger partial charge in [0.1, 0.15) is 0 Å². The summed E-state index contributed by atoms with van der Waals surface area (Å²) >= 11 is 6.21. The van der Waals surface area contributed by atoms with Gasteiger partial charge in [0.05, 0.1) is 0 Å². The first-order chi connectivity index (χ1) is 8.51. The monoisotopic (exact) mass is 264 g/mol. The van der Waals surface area contributed by atoms with E-state index in [0.29, 0.717) is 12.0 Å². The van der Waals surface area contributed by atoms with Crippen LogP contribution in [0.1, 0.15) is 30.5 Å². The minimum atomic E-state index is 0.426. The fourth-order valence-electron chi connectivity index (χ4n) is 2.72. The standard InChI is InChI=1S/C15H21ClN2/c1-10(2)12-5-13(7-14(16)6-12)15-4-11(8-17)9-18(15)3/h5-7,11,15H,1,4,8-9,17H2,2-3H3. The number of benzene rings is 1. The average Bonchev–Trinajstić information content (AvgIpc) is 2.69. The van der Waals surface area contributed by atoms with E-state index in [1.165, 1.54) is 5.56 Å². The number of likely N-dealkylation sites (tertiary alicyclic amines) is 1. The van der Waals surface area contributed by atoms with Crippen molar-refractivity contribution >= 4 is 17.2 Å². The fraction of sp³-hybridized carbons (Fsp3) is 0.467. The van der Waals surface area contributed by atoms with E-state index in [1.807, 2.05) is 13.0 Å². The van der Waals surface area contributed by atoms with Crippen LogP contribution in [0.4, 0.5) is 0 Å². The third-order valence-corrected chi connectivity index (χ3v) is 3.98. The molecule has 1 fully saturated rings. The Morgan fingerprint density at radius 3 is 2.78 bits per heavy atom. The summed E-state index contributed by atoms with van der Waals surface area (Å²) in [5, 5.41) is 0.787. The minimum Gasteiger partial charge on any atom is -0.330 e. The first kappa shape index (κ1) is 13.6. The van der Waals surface area contributed by atoms with E-state index in [-0.39, 0.29) is 0 Å². The number of nitrogens with zero attached hydrogens (tertiary/aromatic N) is 1. The zero-order valence-corrected chi connectivity index (χ0v) is 11.9. The van der Waals surface area contributed by atoms with Crippen LogP contribution >= 0.6 is 11.6 Å². The summed E-state index contributed by atoms with van der Waals surface area (Å²) in [6.45, 7) is 7.83. The third kappa shape index (κ3) is 2.77. The summed E-state index contributed by atoms with van der Waals surface area (Å²) in [7, 11) is 2.15. The van der Waals surface area contributed by atoms with Gasteiger partial charge in [0.2, 0.25) is 0 Å². The molecule has 0 aromatic heterocycles. The lowest BCUT2D eigenvalue weighted by molar-refractivity contribution is 0.313.